The van der Waals surface area contributed by atoms with Gasteiger partial charge in [-0.2, -0.15) is 13.2 Å². The molecule has 0 radical (unpaired) electrons. The summed E-state index contributed by atoms with van der Waals surface area (Å²) in [6.07, 6.45) is -2.55. The lowest BCUT2D eigenvalue weighted by molar-refractivity contribution is -0.178. The number of carbonyl (C=O) groups excluding carboxylic acids is 2. The lowest BCUT2D eigenvalue weighted by atomic mass is 9.84. The van der Waals surface area contributed by atoms with Crippen molar-refractivity contribution in [2.45, 2.75) is 70.6 Å². The fourth-order valence-electron chi connectivity index (χ4n) is 4.98. The van der Waals surface area contributed by atoms with Crippen LogP contribution in [0.25, 0.3) is 10.8 Å². The summed E-state index contributed by atoms with van der Waals surface area (Å²) >= 11 is 12.5. The number of amides is 1. The number of alkyl halides is 3. The summed E-state index contributed by atoms with van der Waals surface area (Å²) in [7, 11) is 0. The highest BCUT2D eigenvalue weighted by Gasteiger charge is 2.45. The molecule has 3 aromatic carbocycles. The molecule has 1 aliphatic rings. The molecule has 0 heterocycles. The molecule has 0 aromatic heterocycles. The first-order valence-electron chi connectivity index (χ1n) is 13.2. The summed E-state index contributed by atoms with van der Waals surface area (Å²) in [4.78, 5) is 26.1. The molecule has 214 valence electrons. The van der Waals surface area contributed by atoms with E-state index in [0.29, 0.717) is 10.4 Å². The quantitative estimate of drug-likeness (QED) is 0.265. The predicted octanol–water partition coefficient (Wildman–Crippen LogP) is 9.29. The van der Waals surface area contributed by atoms with Gasteiger partial charge in [0, 0.05) is 5.02 Å². The van der Waals surface area contributed by atoms with Gasteiger partial charge >= 0.3 is 12.1 Å². The number of fused-ring (bicyclic) bond motifs is 1. The molecule has 9 heteroatoms. The number of halogens is 5. The van der Waals surface area contributed by atoms with E-state index in [-0.39, 0.29) is 40.5 Å². The Bertz CT molecular complexity index is 1410. The van der Waals surface area contributed by atoms with Gasteiger partial charge in [-0.3, -0.25) is 9.59 Å². The van der Waals surface area contributed by atoms with Gasteiger partial charge in [0.2, 0.25) is 5.91 Å². The molecule has 0 spiro atoms. The summed E-state index contributed by atoms with van der Waals surface area (Å²) in [6, 6.07) is 14.9. The number of anilines is 1. The Morgan fingerprint density at radius 2 is 1.57 bits per heavy atom. The summed E-state index contributed by atoms with van der Waals surface area (Å²) in [5.41, 5.74) is 0.580. The van der Waals surface area contributed by atoms with Crippen LogP contribution in [-0.2, 0) is 14.3 Å². The minimum Gasteiger partial charge on any atom is -0.460 e. The Kier molecular flexibility index (Phi) is 8.77. The van der Waals surface area contributed by atoms with Gasteiger partial charge in [0.1, 0.15) is 5.60 Å². The van der Waals surface area contributed by atoms with Gasteiger partial charge in [-0.05, 0) is 91.6 Å². The minimum absolute atomic E-state index is 0.153. The number of nitrogens with one attached hydrogen (secondary N) is 1. The van der Waals surface area contributed by atoms with Crippen LogP contribution in [0.3, 0.4) is 0 Å². The normalized spacial score (nSPS) is 16.3. The first-order chi connectivity index (χ1) is 18.6. The largest absolute Gasteiger partial charge is 0.460 e. The van der Waals surface area contributed by atoms with E-state index in [1.54, 1.807) is 69.3 Å². The highest BCUT2D eigenvalue weighted by Crippen LogP contribution is 2.46. The Morgan fingerprint density at radius 1 is 0.950 bits per heavy atom. The summed E-state index contributed by atoms with van der Waals surface area (Å²) in [5, 5.41) is 4.77. The third kappa shape index (κ3) is 7.49. The van der Waals surface area contributed by atoms with Crippen LogP contribution < -0.4 is 5.32 Å². The average molecular weight is 595 g/mol. The monoisotopic (exact) mass is 593 g/mol. The lowest BCUT2D eigenvalue weighted by Gasteiger charge is -2.26. The van der Waals surface area contributed by atoms with Gasteiger partial charge < -0.3 is 10.1 Å². The van der Waals surface area contributed by atoms with Crippen LogP contribution in [0, 0.1) is 11.8 Å². The van der Waals surface area contributed by atoms with Gasteiger partial charge in [-0.1, -0.05) is 60.5 Å². The smallest absolute Gasteiger partial charge is 0.392 e. The molecular formula is C31H32Cl2F3NO3. The molecule has 1 aliphatic carbocycles. The second kappa shape index (κ2) is 11.6. The van der Waals surface area contributed by atoms with Crippen LogP contribution in [0.1, 0.15) is 69.9 Å². The number of benzene rings is 3. The Morgan fingerprint density at radius 3 is 2.20 bits per heavy atom. The molecule has 40 heavy (non-hydrogen) atoms. The molecule has 1 saturated carbocycles. The zero-order chi connectivity index (χ0) is 29.4. The van der Waals surface area contributed by atoms with Crippen molar-refractivity contribution >= 4 is 51.5 Å². The maximum absolute atomic E-state index is 14.0. The molecule has 0 saturated heterocycles. The number of rotatable bonds is 8. The van der Waals surface area contributed by atoms with E-state index >= 15 is 0 Å². The van der Waals surface area contributed by atoms with Crippen molar-refractivity contribution in [1.82, 2.24) is 0 Å². The van der Waals surface area contributed by atoms with Gasteiger partial charge in [0.15, 0.2) is 0 Å². The second-order valence-electron chi connectivity index (χ2n) is 11.5. The molecule has 1 unspecified atom stereocenters. The zero-order valence-corrected chi connectivity index (χ0v) is 24.3. The Balaban J connectivity index is 1.64. The zero-order valence-electron chi connectivity index (χ0n) is 22.7. The van der Waals surface area contributed by atoms with Gasteiger partial charge in [0.05, 0.1) is 29.0 Å². The van der Waals surface area contributed by atoms with Gasteiger partial charge in [-0.15, -0.1) is 0 Å². The van der Waals surface area contributed by atoms with E-state index in [1.165, 1.54) is 6.07 Å². The lowest BCUT2D eigenvalue weighted by Crippen LogP contribution is -2.34. The van der Waals surface area contributed by atoms with Crippen LogP contribution in [0.5, 0.6) is 0 Å². The molecule has 1 amide bonds. The Labute approximate surface area is 242 Å². The average Bonchev–Trinajstić information content (AvgIpc) is 3.68. The van der Waals surface area contributed by atoms with E-state index in [9.17, 15) is 22.8 Å². The summed E-state index contributed by atoms with van der Waals surface area (Å²) < 4.78 is 47.4. The predicted molar refractivity (Wildman–Crippen MR) is 153 cm³/mol. The maximum Gasteiger partial charge on any atom is 0.392 e. The van der Waals surface area contributed by atoms with E-state index in [0.717, 1.165) is 30.7 Å². The fraction of sp³-hybridized carbons (Fsp3) is 0.419. The van der Waals surface area contributed by atoms with Crippen molar-refractivity contribution in [3.63, 3.8) is 0 Å². The van der Waals surface area contributed by atoms with Crippen molar-refractivity contribution < 1.29 is 27.5 Å². The third-order valence-corrected chi connectivity index (χ3v) is 7.72. The summed E-state index contributed by atoms with van der Waals surface area (Å²) in [5.74, 6) is -4.53. The second-order valence-corrected chi connectivity index (χ2v) is 12.4. The standard InChI is InChI=1S/C31H32Cl2F3NO3/c1-17(31(34,35)36)28(22-8-7-20-14-23(32)11-9-19(20)13-22)29(39)37-26-15-21(10-12-25(26)33)24(18-5-6-18)16-27(38)40-30(2,3)4/h7-15,17-18,24,28H,5-6,16H2,1-4H3,(H,37,39)/t17-,24+,28?/m1/s1. The van der Waals surface area contributed by atoms with Crippen molar-refractivity contribution in [3.8, 4) is 0 Å². The molecular weight excluding hydrogens is 562 g/mol. The van der Waals surface area contributed by atoms with E-state index in [1.807, 2.05) is 0 Å². The van der Waals surface area contributed by atoms with Crippen LogP contribution in [0.4, 0.5) is 18.9 Å². The van der Waals surface area contributed by atoms with Crippen molar-refractivity contribution in [2.24, 2.45) is 11.8 Å². The fourth-order valence-corrected chi connectivity index (χ4v) is 5.33. The van der Waals surface area contributed by atoms with Crippen LogP contribution in [0.2, 0.25) is 10.0 Å². The summed E-state index contributed by atoms with van der Waals surface area (Å²) in [6.45, 7) is 6.40. The minimum atomic E-state index is -4.62. The molecule has 3 atom stereocenters. The topological polar surface area (TPSA) is 55.4 Å². The van der Waals surface area contributed by atoms with Gasteiger partial charge in [0.25, 0.3) is 0 Å². The number of ether oxygens (including phenoxy) is 1. The molecule has 1 N–H and O–H groups in total. The molecule has 4 nitrogen and oxygen atoms in total. The van der Waals surface area contributed by atoms with Crippen LogP contribution in [0.15, 0.2) is 54.6 Å². The van der Waals surface area contributed by atoms with Crippen molar-refractivity contribution in [2.75, 3.05) is 5.32 Å². The van der Waals surface area contributed by atoms with Crippen LogP contribution in [-0.4, -0.2) is 23.7 Å². The third-order valence-electron chi connectivity index (χ3n) is 7.16. The number of esters is 1. The first-order valence-corrected chi connectivity index (χ1v) is 14.0. The highest BCUT2D eigenvalue weighted by molar-refractivity contribution is 6.33. The SMILES string of the molecule is C[C@H](C(C(=O)Nc1cc([C@@H](CC(=O)OC(C)(C)C)C2CC2)ccc1Cl)c1ccc2cc(Cl)ccc2c1)C(F)(F)F. The van der Waals surface area contributed by atoms with Gasteiger partial charge in [-0.25, -0.2) is 0 Å². The van der Waals surface area contributed by atoms with Crippen LogP contribution >= 0.6 is 23.2 Å². The van der Waals surface area contributed by atoms with Crippen molar-refractivity contribution in [1.29, 1.82) is 0 Å². The maximum atomic E-state index is 14.0. The molecule has 4 rings (SSSR count). The van der Waals surface area contributed by atoms with E-state index in [4.69, 9.17) is 27.9 Å². The molecule has 0 aliphatic heterocycles. The first kappa shape index (κ1) is 30.2. The number of carbonyl (C=O) groups is 2. The number of hydrogen-bond acceptors (Lipinski definition) is 3. The van der Waals surface area contributed by atoms with Crippen molar-refractivity contribution in [3.05, 3.63) is 75.8 Å². The van der Waals surface area contributed by atoms with E-state index < -0.39 is 29.5 Å². The number of hydrogen-bond donors (Lipinski definition) is 1. The van der Waals surface area contributed by atoms with E-state index in [2.05, 4.69) is 5.32 Å². The highest BCUT2D eigenvalue weighted by atomic mass is 35.5. The molecule has 3 aromatic rings. The molecule has 1 fully saturated rings. The Hall–Kier alpha value is -2.77. The molecule has 0 bridgehead atoms.